The first-order valence-electron chi connectivity index (χ1n) is 12.0. The maximum atomic E-state index is 6.08. The normalized spacial score (nSPS) is 10.7. The van der Waals surface area contributed by atoms with Gasteiger partial charge < -0.3 is 24.3 Å². The second kappa shape index (κ2) is 10.9. The molecule has 4 aromatic carbocycles. The van der Waals surface area contributed by atoms with Gasteiger partial charge in [-0.15, -0.1) is 0 Å². The zero-order valence-electron chi connectivity index (χ0n) is 21.0. The highest BCUT2D eigenvalue weighted by Gasteiger charge is 2.10. The standard InChI is InChI=1S/C31H28N2O4/c1-21-7-4-5-8-22(21)20-36-25-9-6-10-26(17-25)37-24-13-11-23(12-14-24)33-28-15-16-32-29-19-31(35-3)30(34-2)18-27(28)29/h4-19H,20H2,1-3H3,(H,32,33). The monoisotopic (exact) mass is 492 g/mol. The molecular formula is C31H28N2O4. The van der Waals surface area contributed by atoms with Crippen LogP contribution in [-0.4, -0.2) is 19.2 Å². The van der Waals surface area contributed by atoms with Crippen molar-refractivity contribution < 1.29 is 18.9 Å². The van der Waals surface area contributed by atoms with Gasteiger partial charge in [0.05, 0.1) is 19.7 Å². The molecule has 5 aromatic rings. The first-order valence-corrected chi connectivity index (χ1v) is 12.0. The second-order valence-electron chi connectivity index (χ2n) is 8.52. The van der Waals surface area contributed by atoms with Gasteiger partial charge in [-0.3, -0.25) is 4.98 Å². The molecule has 37 heavy (non-hydrogen) atoms. The molecule has 0 amide bonds. The van der Waals surface area contributed by atoms with Gasteiger partial charge in [0, 0.05) is 35.1 Å². The summed E-state index contributed by atoms with van der Waals surface area (Å²) < 4.78 is 22.9. The molecule has 6 nitrogen and oxygen atoms in total. The Morgan fingerprint density at radius 2 is 1.49 bits per heavy atom. The lowest BCUT2D eigenvalue weighted by atomic mass is 10.1. The molecule has 5 rings (SSSR count). The molecule has 0 radical (unpaired) electrons. The van der Waals surface area contributed by atoms with Crippen molar-refractivity contribution >= 4 is 22.3 Å². The van der Waals surface area contributed by atoms with Crippen LogP contribution in [0.15, 0.2) is 97.2 Å². The van der Waals surface area contributed by atoms with Gasteiger partial charge in [-0.25, -0.2) is 0 Å². The average molecular weight is 493 g/mol. The molecule has 186 valence electrons. The summed E-state index contributed by atoms with van der Waals surface area (Å²) in [7, 11) is 3.24. The molecule has 0 spiro atoms. The highest BCUT2D eigenvalue weighted by atomic mass is 16.5. The summed E-state index contributed by atoms with van der Waals surface area (Å²) in [4.78, 5) is 4.46. The summed E-state index contributed by atoms with van der Waals surface area (Å²) in [6.45, 7) is 2.60. The topological polar surface area (TPSA) is 61.8 Å². The number of aromatic nitrogens is 1. The number of pyridine rings is 1. The molecule has 0 unspecified atom stereocenters. The molecule has 0 saturated carbocycles. The third-order valence-corrected chi connectivity index (χ3v) is 6.08. The molecule has 1 heterocycles. The Labute approximate surface area is 216 Å². The lowest BCUT2D eigenvalue weighted by molar-refractivity contribution is 0.304. The smallest absolute Gasteiger partial charge is 0.162 e. The van der Waals surface area contributed by atoms with Gasteiger partial charge in [0.15, 0.2) is 11.5 Å². The SMILES string of the molecule is COc1cc2nccc(Nc3ccc(Oc4cccc(OCc5ccccc5C)c4)cc3)c2cc1OC. The average Bonchev–Trinajstić information content (AvgIpc) is 2.93. The minimum Gasteiger partial charge on any atom is -0.493 e. The van der Waals surface area contributed by atoms with E-state index in [0.717, 1.165) is 39.3 Å². The van der Waals surface area contributed by atoms with Crippen LogP contribution in [-0.2, 0) is 6.61 Å². The number of rotatable bonds is 9. The van der Waals surface area contributed by atoms with Gasteiger partial charge in [0.25, 0.3) is 0 Å². The Morgan fingerprint density at radius 3 is 2.27 bits per heavy atom. The van der Waals surface area contributed by atoms with Crippen LogP contribution in [0.1, 0.15) is 11.1 Å². The van der Waals surface area contributed by atoms with Crippen LogP contribution in [0.2, 0.25) is 0 Å². The van der Waals surface area contributed by atoms with E-state index in [1.807, 2.05) is 78.9 Å². The van der Waals surface area contributed by atoms with Crippen molar-refractivity contribution in [2.24, 2.45) is 0 Å². The molecule has 6 heteroatoms. The number of anilines is 2. The molecular weight excluding hydrogens is 464 g/mol. The molecule has 1 aromatic heterocycles. The van der Waals surface area contributed by atoms with E-state index >= 15 is 0 Å². The molecule has 1 N–H and O–H groups in total. The van der Waals surface area contributed by atoms with Crippen molar-refractivity contribution in [1.29, 1.82) is 0 Å². The molecule has 0 aliphatic heterocycles. The van der Waals surface area contributed by atoms with Crippen LogP contribution < -0.4 is 24.3 Å². The largest absolute Gasteiger partial charge is 0.493 e. The van der Waals surface area contributed by atoms with Crippen LogP contribution in [0.25, 0.3) is 10.9 Å². The van der Waals surface area contributed by atoms with Crippen LogP contribution >= 0.6 is 0 Å². The fourth-order valence-corrected chi connectivity index (χ4v) is 4.04. The molecule has 0 bridgehead atoms. The summed E-state index contributed by atoms with van der Waals surface area (Å²) in [6, 6.07) is 29.4. The van der Waals surface area contributed by atoms with E-state index in [2.05, 4.69) is 29.4 Å². The predicted molar refractivity (Wildman–Crippen MR) is 147 cm³/mol. The fourth-order valence-electron chi connectivity index (χ4n) is 4.04. The number of nitrogens with zero attached hydrogens (tertiary/aromatic N) is 1. The van der Waals surface area contributed by atoms with Crippen LogP contribution in [0.3, 0.4) is 0 Å². The molecule has 0 atom stereocenters. The summed E-state index contributed by atoms with van der Waals surface area (Å²) >= 11 is 0. The van der Waals surface area contributed by atoms with E-state index in [4.69, 9.17) is 18.9 Å². The maximum absolute atomic E-state index is 6.08. The van der Waals surface area contributed by atoms with E-state index in [-0.39, 0.29) is 0 Å². The Balaban J connectivity index is 1.27. The van der Waals surface area contributed by atoms with Gasteiger partial charge in [-0.1, -0.05) is 30.3 Å². The number of hydrogen-bond acceptors (Lipinski definition) is 6. The van der Waals surface area contributed by atoms with Crippen LogP contribution in [0.4, 0.5) is 11.4 Å². The maximum Gasteiger partial charge on any atom is 0.162 e. The zero-order valence-corrected chi connectivity index (χ0v) is 21.0. The van der Waals surface area contributed by atoms with Crippen molar-refractivity contribution in [1.82, 2.24) is 4.98 Å². The van der Waals surface area contributed by atoms with E-state index in [1.165, 1.54) is 5.56 Å². The van der Waals surface area contributed by atoms with Crippen molar-refractivity contribution in [2.75, 3.05) is 19.5 Å². The fraction of sp³-hybridized carbons (Fsp3) is 0.129. The third kappa shape index (κ3) is 5.59. The molecule has 0 saturated heterocycles. The third-order valence-electron chi connectivity index (χ3n) is 6.08. The second-order valence-corrected chi connectivity index (χ2v) is 8.52. The number of nitrogens with one attached hydrogen (secondary N) is 1. The van der Waals surface area contributed by atoms with Crippen molar-refractivity contribution in [3.05, 3.63) is 108 Å². The number of aryl methyl sites for hydroxylation is 1. The number of methoxy groups -OCH3 is 2. The van der Waals surface area contributed by atoms with E-state index < -0.39 is 0 Å². The van der Waals surface area contributed by atoms with Gasteiger partial charge in [0.1, 0.15) is 23.9 Å². The van der Waals surface area contributed by atoms with E-state index in [9.17, 15) is 0 Å². The summed E-state index contributed by atoms with van der Waals surface area (Å²) in [5.41, 5.74) is 5.02. The van der Waals surface area contributed by atoms with E-state index in [1.54, 1.807) is 20.4 Å². The van der Waals surface area contributed by atoms with Crippen molar-refractivity contribution in [3.8, 4) is 28.7 Å². The Hall–Kier alpha value is -4.71. The van der Waals surface area contributed by atoms with Gasteiger partial charge in [-0.05, 0) is 66.6 Å². The predicted octanol–water partition coefficient (Wildman–Crippen LogP) is 7.68. The number of ether oxygens (including phenoxy) is 4. The first kappa shape index (κ1) is 24.0. The Kier molecular flexibility index (Phi) is 7.08. The summed E-state index contributed by atoms with van der Waals surface area (Å²) in [5.74, 6) is 3.50. The Morgan fingerprint density at radius 1 is 0.730 bits per heavy atom. The number of hydrogen-bond donors (Lipinski definition) is 1. The van der Waals surface area contributed by atoms with E-state index in [0.29, 0.717) is 23.9 Å². The Bertz CT molecular complexity index is 1520. The van der Waals surface area contributed by atoms with Crippen LogP contribution in [0, 0.1) is 6.92 Å². The van der Waals surface area contributed by atoms with Gasteiger partial charge >= 0.3 is 0 Å². The van der Waals surface area contributed by atoms with Crippen LogP contribution in [0.5, 0.6) is 28.7 Å². The highest BCUT2D eigenvalue weighted by Crippen LogP contribution is 2.35. The number of fused-ring (bicyclic) bond motifs is 1. The minimum atomic E-state index is 0.513. The zero-order chi connectivity index (χ0) is 25.6. The molecule has 0 fully saturated rings. The summed E-state index contributed by atoms with van der Waals surface area (Å²) in [6.07, 6.45) is 1.77. The molecule has 0 aliphatic carbocycles. The molecule has 0 aliphatic rings. The van der Waals surface area contributed by atoms with Crippen molar-refractivity contribution in [3.63, 3.8) is 0 Å². The summed E-state index contributed by atoms with van der Waals surface area (Å²) in [5, 5.41) is 4.39. The quantitative estimate of drug-likeness (QED) is 0.228. The lowest BCUT2D eigenvalue weighted by Crippen LogP contribution is -1.97. The lowest BCUT2D eigenvalue weighted by Gasteiger charge is -2.13. The highest BCUT2D eigenvalue weighted by molar-refractivity contribution is 5.95. The van der Waals surface area contributed by atoms with Crippen molar-refractivity contribution in [2.45, 2.75) is 13.5 Å². The number of benzene rings is 4. The first-order chi connectivity index (χ1) is 18.1. The van der Waals surface area contributed by atoms with Gasteiger partial charge in [-0.2, -0.15) is 0 Å². The van der Waals surface area contributed by atoms with Gasteiger partial charge in [0.2, 0.25) is 0 Å². The minimum absolute atomic E-state index is 0.513.